The first-order chi connectivity index (χ1) is 32.9. The fourth-order valence-electron chi connectivity index (χ4n) is 8.30. The standard InChI is InChI=1S/C29H38N2O3.C22H27BrN2O.C7H12O2/c1-5-27(32)31(25-9-7-6-8-10-25)26-18-21-30(22-19-26)20-17-24-13-11-23(12-14-24)15-16-28(33)34-29(2,3)4;1-2-22(26)25(20-6-4-3-5-7-20)21-13-16-24(17-14-21)15-12-18-8-10-19(23)11-9-18;1-5-6(8)9-7(2,3)4/h6-16,26H,5,17-22H2,1-4H3;3-11,21H,2,12-17H2,1H3;5H,1H2,2-4H3/b16-15+;;. The number of amides is 2. The van der Waals surface area contributed by atoms with E-state index in [2.05, 4.69) is 68.7 Å². The number of benzene rings is 4. The van der Waals surface area contributed by atoms with E-state index in [1.165, 1.54) is 17.2 Å². The maximum atomic E-state index is 12.7. The zero-order valence-corrected chi connectivity index (χ0v) is 44.1. The SMILES string of the molecule is C=CC(=O)OC(C)(C)C.CCC(=O)N(c1ccccc1)C1CCN(CCc2ccc(/C=C/C(=O)OC(C)(C)C)cc2)CC1.CCC(=O)N(c1ccccc1)C1CCN(CCc2ccc(Br)cc2)CC1. The normalized spacial score (nSPS) is 14.9. The highest BCUT2D eigenvalue weighted by atomic mass is 79.9. The third-order valence-electron chi connectivity index (χ3n) is 11.8. The lowest BCUT2D eigenvalue weighted by atomic mass is 10.0. The number of hydrogen-bond donors (Lipinski definition) is 0. The second-order valence-electron chi connectivity index (χ2n) is 19.5. The van der Waals surface area contributed by atoms with Crippen molar-refractivity contribution in [2.45, 2.75) is 130 Å². The van der Waals surface area contributed by atoms with Crippen LogP contribution in [0.5, 0.6) is 0 Å². The van der Waals surface area contributed by atoms with Gasteiger partial charge >= 0.3 is 11.9 Å². The maximum Gasteiger partial charge on any atom is 0.331 e. The van der Waals surface area contributed by atoms with Crippen molar-refractivity contribution in [1.29, 1.82) is 0 Å². The summed E-state index contributed by atoms with van der Waals surface area (Å²) in [5.74, 6) is -0.274. The van der Waals surface area contributed by atoms with Gasteiger partial charge in [-0.15, -0.1) is 0 Å². The molecule has 10 nitrogen and oxygen atoms in total. The van der Waals surface area contributed by atoms with Crippen molar-refractivity contribution in [1.82, 2.24) is 9.80 Å². The van der Waals surface area contributed by atoms with Crippen molar-refractivity contribution in [2.24, 2.45) is 0 Å². The molecule has 6 rings (SSSR count). The van der Waals surface area contributed by atoms with Crippen LogP contribution in [0.4, 0.5) is 11.4 Å². The first kappa shape index (κ1) is 56.2. The van der Waals surface area contributed by atoms with Crippen LogP contribution >= 0.6 is 15.9 Å². The minimum atomic E-state index is -0.481. The molecule has 69 heavy (non-hydrogen) atoms. The summed E-state index contributed by atoms with van der Waals surface area (Å²) in [6.07, 6.45) is 11.6. The first-order valence-electron chi connectivity index (χ1n) is 24.7. The van der Waals surface area contributed by atoms with Gasteiger partial charge in [0.2, 0.25) is 11.8 Å². The van der Waals surface area contributed by atoms with E-state index in [1.54, 1.807) is 6.08 Å². The van der Waals surface area contributed by atoms with Crippen LogP contribution in [-0.4, -0.2) is 96.1 Å². The lowest BCUT2D eigenvalue weighted by Crippen LogP contribution is -2.47. The van der Waals surface area contributed by atoms with Gasteiger partial charge in [0.25, 0.3) is 0 Å². The Kier molecular flexibility index (Phi) is 23.1. The predicted octanol–water partition coefficient (Wildman–Crippen LogP) is 11.9. The summed E-state index contributed by atoms with van der Waals surface area (Å²) in [5, 5.41) is 0. The molecule has 2 aliphatic rings. The Morgan fingerprint density at radius 2 is 0.971 bits per heavy atom. The second kappa shape index (κ2) is 28.3. The van der Waals surface area contributed by atoms with Crippen molar-refractivity contribution in [2.75, 3.05) is 49.1 Å². The number of rotatable bonds is 15. The zero-order valence-electron chi connectivity index (χ0n) is 42.5. The van der Waals surface area contributed by atoms with Crippen LogP contribution in [0.2, 0.25) is 0 Å². The number of carbonyl (C=O) groups excluding carboxylic acids is 4. The van der Waals surface area contributed by atoms with Gasteiger partial charge in [0.1, 0.15) is 11.2 Å². The van der Waals surface area contributed by atoms with Crippen LogP contribution in [-0.2, 0) is 41.5 Å². The van der Waals surface area contributed by atoms with Gasteiger partial charge in [-0.2, -0.15) is 0 Å². The van der Waals surface area contributed by atoms with Gasteiger partial charge in [-0.25, -0.2) is 9.59 Å². The lowest BCUT2D eigenvalue weighted by Gasteiger charge is -2.38. The third kappa shape index (κ3) is 20.6. The van der Waals surface area contributed by atoms with Gasteiger partial charge in [-0.05, 0) is 139 Å². The number of para-hydroxylation sites is 2. The average molecular weight is 1010 g/mol. The molecule has 2 heterocycles. The summed E-state index contributed by atoms with van der Waals surface area (Å²) in [5.41, 5.74) is 4.81. The van der Waals surface area contributed by atoms with Gasteiger partial charge in [0, 0.05) is 92.2 Å². The summed E-state index contributed by atoms with van der Waals surface area (Å²) in [6, 6.07) is 37.7. The summed E-state index contributed by atoms with van der Waals surface area (Å²) in [4.78, 5) is 56.6. The van der Waals surface area contributed by atoms with Crippen LogP contribution in [0.15, 0.2) is 132 Å². The number of hydrogen-bond acceptors (Lipinski definition) is 8. The molecule has 0 atom stereocenters. The molecule has 0 aliphatic carbocycles. The molecule has 4 aromatic carbocycles. The van der Waals surface area contributed by atoms with Crippen molar-refractivity contribution < 1.29 is 28.7 Å². The second-order valence-corrected chi connectivity index (χ2v) is 20.4. The predicted molar refractivity (Wildman–Crippen MR) is 286 cm³/mol. The van der Waals surface area contributed by atoms with Gasteiger partial charge in [-0.3, -0.25) is 9.59 Å². The number of carbonyl (C=O) groups is 4. The maximum absolute atomic E-state index is 12.7. The smallest absolute Gasteiger partial charge is 0.331 e. The van der Waals surface area contributed by atoms with E-state index in [-0.39, 0.29) is 29.8 Å². The van der Waals surface area contributed by atoms with Crippen LogP contribution in [0.25, 0.3) is 6.08 Å². The molecule has 2 fully saturated rings. The highest BCUT2D eigenvalue weighted by molar-refractivity contribution is 9.10. The molecule has 0 unspecified atom stereocenters. The summed E-state index contributed by atoms with van der Waals surface area (Å²) in [7, 11) is 0. The highest BCUT2D eigenvalue weighted by Gasteiger charge is 2.29. The number of nitrogens with zero attached hydrogens (tertiary/aromatic N) is 4. The Labute approximate surface area is 421 Å². The topological polar surface area (TPSA) is 99.7 Å². The van der Waals surface area contributed by atoms with Crippen LogP contribution in [0.1, 0.15) is 111 Å². The molecule has 2 aliphatic heterocycles. The largest absolute Gasteiger partial charge is 0.457 e. The highest BCUT2D eigenvalue weighted by Crippen LogP contribution is 2.27. The molecule has 4 aromatic rings. The van der Waals surface area contributed by atoms with Gasteiger partial charge in [0.05, 0.1) is 0 Å². The number of ether oxygens (including phenoxy) is 2. The quantitative estimate of drug-likeness (QED) is 0.0858. The van der Waals surface area contributed by atoms with E-state index in [0.29, 0.717) is 18.9 Å². The molecule has 11 heteroatoms. The summed E-state index contributed by atoms with van der Waals surface area (Å²) < 4.78 is 11.3. The van der Waals surface area contributed by atoms with Crippen molar-refractivity contribution in [3.05, 3.63) is 149 Å². The van der Waals surface area contributed by atoms with Crippen LogP contribution in [0, 0.1) is 0 Å². The summed E-state index contributed by atoms with van der Waals surface area (Å²) in [6.45, 7) is 24.4. The average Bonchev–Trinajstić information content (AvgIpc) is 3.33. The van der Waals surface area contributed by atoms with E-state index >= 15 is 0 Å². The van der Waals surface area contributed by atoms with Crippen LogP contribution < -0.4 is 9.80 Å². The van der Waals surface area contributed by atoms with Gasteiger partial charge in [-0.1, -0.05) is 109 Å². The molecule has 0 spiro atoms. The molecule has 0 saturated carbocycles. The molecule has 0 N–H and O–H groups in total. The number of anilines is 2. The van der Waals surface area contributed by atoms with E-state index in [0.717, 1.165) is 105 Å². The minimum Gasteiger partial charge on any atom is -0.457 e. The zero-order chi connectivity index (χ0) is 50.4. The molecule has 0 bridgehead atoms. The minimum absolute atomic E-state index is 0.199. The van der Waals surface area contributed by atoms with E-state index < -0.39 is 11.2 Å². The Morgan fingerprint density at radius 1 is 0.594 bits per heavy atom. The fourth-order valence-corrected chi connectivity index (χ4v) is 8.57. The number of esters is 2. The third-order valence-corrected chi connectivity index (χ3v) is 12.3. The Morgan fingerprint density at radius 3 is 1.32 bits per heavy atom. The molecule has 2 amide bonds. The Balaban J connectivity index is 0.000000261. The van der Waals surface area contributed by atoms with Crippen molar-refractivity contribution >= 4 is 57.1 Å². The van der Waals surface area contributed by atoms with E-state index in [4.69, 9.17) is 9.47 Å². The summed E-state index contributed by atoms with van der Waals surface area (Å²) >= 11 is 3.49. The van der Waals surface area contributed by atoms with Crippen molar-refractivity contribution in [3.8, 4) is 0 Å². The van der Waals surface area contributed by atoms with E-state index in [1.807, 2.05) is 138 Å². The Hall–Kier alpha value is -5.36. The molecule has 372 valence electrons. The molecule has 0 aromatic heterocycles. The number of likely N-dealkylation sites (tertiary alicyclic amines) is 2. The van der Waals surface area contributed by atoms with Crippen molar-refractivity contribution in [3.63, 3.8) is 0 Å². The molecule has 2 saturated heterocycles. The molecular formula is C58H77BrN4O6. The molecule has 0 radical (unpaired) electrons. The Bertz CT molecular complexity index is 2200. The molecular weight excluding hydrogens is 929 g/mol. The van der Waals surface area contributed by atoms with Gasteiger partial charge in [0.15, 0.2) is 0 Å². The first-order valence-corrected chi connectivity index (χ1v) is 25.5. The monoisotopic (exact) mass is 1000 g/mol. The number of piperidine rings is 2. The number of halogens is 1. The fraction of sp³-hybridized carbons (Fsp3) is 0.448. The van der Waals surface area contributed by atoms with Gasteiger partial charge < -0.3 is 29.1 Å². The lowest BCUT2D eigenvalue weighted by molar-refractivity contribution is -0.149. The van der Waals surface area contributed by atoms with E-state index in [9.17, 15) is 19.2 Å². The van der Waals surface area contributed by atoms with Crippen LogP contribution in [0.3, 0.4) is 0 Å².